The van der Waals surface area contributed by atoms with Gasteiger partial charge in [-0.2, -0.15) is 0 Å². The molecule has 0 bridgehead atoms. The SMILES string of the molecule is CC.CNc1ccc(C(=O)N2CCC(N3CCc4nc(Nc5cc(C)cc(C)c5)ncc4C3)C2)cn1.OO. The van der Waals surface area contributed by atoms with E-state index in [4.69, 9.17) is 15.5 Å². The minimum Gasteiger partial charge on any atom is -0.373 e. The van der Waals surface area contributed by atoms with Crippen LogP contribution in [0.4, 0.5) is 17.5 Å². The van der Waals surface area contributed by atoms with Gasteiger partial charge in [-0.1, -0.05) is 19.9 Å². The van der Waals surface area contributed by atoms with Gasteiger partial charge >= 0.3 is 0 Å². The molecule has 1 unspecified atom stereocenters. The molecule has 1 fully saturated rings. The molecule has 2 aromatic heterocycles. The van der Waals surface area contributed by atoms with Crippen molar-refractivity contribution in [3.8, 4) is 0 Å². The number of carbonyl (C=O) groups is 1. The van der Waals surface area contributed by atoms with E-state index in [1.807, 2.05) is 44.1 Å². The number of carbonyl (C=O) groups excluding carboxylic acids is 1. The standard InChI is InChI=1S/C26H31N7O.C2H6.H2O2/c1-17-10-18(2)12-21(11-17)30-26-29-14-20-15-32(9-7-23(20)31-26)22-6-8-33(16-22)25(34)19-4-5-24(27-3)28-13-19;2*1-2/h4-5,10-14,22H,6-9,15-16H2,1-3H3,(H,27,28)(H,29,30,31);1-2H3;1-2H. The van der Waals surface area contributed by atoms with Crippen LogP contribution < -0.4 is 10.6 Å². The van der Waals surface area contributed by atoms with Gasteiger partial charge in [-0.25, -0.2) is 15.0 Å². The number of likely N-dealkylation sites (tertiary alicyclic amines) is 1. The van der Waals surface area contributed by atoms with Crippen LogP contribution in [-0.2, 0) is 13.0 Å². The van der Waals surface area contributed by atoms with Crippen molar-refractivity contribution in [3.63, 3.8) is 0 Å². The van der Waals surface area contributed by atoms with Crippen LogP contribution in [-0.4, -0.2) is 73.9 Å². The van der Waals surface area contributed by atoms with Crippen molar-refractivity contribution in [3.05, 3.63) is 70.7 Å². The Labute approximate surface area is 224 Å². The summed E-state index contributed by atoms with van der Waals surface area (Å²) in [5.74, 6) is 1.46. The summed E-state index contributed by atoms with van der Waals surface area (Å²) in [7, 11) is 1.82. The molecule has 4 heterocycles. The fraction of sp³-hybridized carbons (Fsp3) is 0.429. The lowest BCUT2D eigenvalue weighted by molar-refractivity contribution is -0.176. The predicted molar refractivity (Wildman–Crippen MR) is 150 cm³/mol. The monoisotopic (exact) mass is 521 g/mol. The number of nitrogens with zero attached hydrogens (tertiary/aromatic N) is 5. The van der Waals surface area contributed by atoms with Gasteiger partial charge in [-0.15, -0.1) is 0 Å². The number of pyridine rings is 1. The molecule has 2 aliphatic heterocycles. The van der Waals surface area contributed by atoms with Crippen molar-refractivity contribution < 1.29 is 15.3 Å². The van der Waals surface area contributed by atoms with Crippen molar-refractivity contribution in [2.24, 2.45) is 0 Å². The smallest absolute Gasteiger partial charge is 0.255 e. The Morgan fingerprint density at radius 1 is 1.03 bits per heavy atom. The zero-order valence-corrected chi connectivity index (χ0v) is 22.9. The Bertz CT molecular complexity index is 1180. The van der Waals surface area contributed by atoms with Crippen molar-refractivity contribution in [2.45, 2.75) is 53.1 Å². The van der Waals surface area contributed by atoms with Crippen molar-refractivity contribution in [2.75, 3.05) is 37.3 Å². The van der Waals surface area contributed by atoms with Gasteiger partial charge in [-0.05, 0) is 55.7 Å². The van der Waals surface area contributed by atoms with Crippen LogP contribution in [0.2, 0.25) is 0 Å². The molecule has 1 atom stereocenters. The molecule has 4 N–H and O–H groups in total. The summed E-state index contributed by atoms with van der Waals surface area (Å²) in [6.45, 7) is 11.5. The van der Waals surface area contributed by atoms with Gasteiger partial charge in [0.05, 0.1) is 11.3 Å². The Morgan fingerprint density at radius 3 is 2.42 bits per heavy atom. The zero-order valence-electron chi connectivity index (χ0n) is 22.9. The third-order valence-electron chi connectivity index (χ3n) is 6.67. The van der Waals surface area contributed by atoms with Crippen LogP contribution in [0.1, 0.15) is 53.0 Å². The molecule has 0 radical (unpaired) electrons. The van der Waals surface area contributed by atoms with E-state index in [0.717, 1.165) is 56.2 Å². The minimum absolute atomic E-state index is 0.0560. The number of amides is 1. The summed E-state index contributed by atoms with van der Waals surface area (Å²) < 4.78 is 0. The van der Waals surface area contributed by atoms with Crippen LogP contribution in [0.3, 0.4) is 0 Å². The third kappa shape index (κ3) is 7.03. The summed E-state index contributed by atoms with van der Waals surface area (Å²) in [6.07, 6.45) is 5.47. The second-order valence-corrected chi connectivity index (χ2v) is 9.26. The van der Waals surface area contributed by atoms with E-state index in [9.17, 15) is 4.79 Å². The highest BCUT2D eigenvalue weighted by Gasteiger charge is 2.33. The molecule has 0 saturated carbocycles. The van der Waals surface area contributed by atoms with E-state index in [-0.39, 0.29) is 5.91 Å². The number of hydrogen-bond acceptors (Lipinski definition) is 9. The topological polar surface area (TPSA) is 127 Å². The molecule has 1 aromatic carbocycles. The summed E-state index contributed by atoms with van der Waals surface area (Å²) in [5.41, 5.74) is 6.37. The maximum absolute atomic E-state index is 12.9. The van der Waals surface area contributed by atoms with Gasteiger partial charge in [0.2, 0.25) is 5.95 Å². The lowest BCUT2D eigenvalue weighted by Gasteiger charge is -2.33. The van der Waals surface area contributed by atoms with E-state index in [2.05, 4.69) is 57.5 Å². The van der Waals surface area contributed by atoms with Gasteiger partial charge < -0.3 is 15.5 Å². The average molecular weight is 522 g/mol. The highest BCUT2D eigenvalue weighted by molar-refractivity contribution is 5.94. The zero-order chi connectivity index (χ0) is 27.7. The van der Waals surface area contributed by atoms with Crippen LogP contribution >= 0.6 is 0 Å². The number of hydrogen-bond donors (Lipinski definition) is 4. The van der Waals surface area contributed by atoms with E-state index >= 15 is 0 Å². The van der Waals surface area contributed by atoms with E-state index in [1.54, 1.807) is 6.20 Å². The number of benzene rings is 1. The maximum Gasteiger partial charge on any atom is 0.255 e. The Kier molecular flexibility index (Phi) is 10.5. The lowest BCUT2D eigenvalue weighted by Crippen LogP contribution is -2.42. The molecule has 1 saturated heterocycles. The van der Waals surface area contributed by atoms with Gasteiger partial charge in [0, 0.05) is 69.3 Å². The predicted octanol–water partition coefficient (Wildman–Crippen LogP) is 4.59. The molecule has 38 heavy (non-hydrogen) atoms. The second-order valence-electron chi connectivity index (χ2n) is 9.26. The first kappa shape index (κ1) is 29.0. The van der Waals surface area contributed by atoms with E-state index < -0.39 is 0 Å². The second kappa shape index (κ2) is 13.8. The Hall–Kier alpha value is -3.60. The normalized spacial score (nSPS) is 16.4. The van der Waals surface area contributed by atoms with Gasteiger partial charge in [0.25, 0.3) is 5.91 Å². The van der Waals surface area contributed by atoms with Gasteiger partial charge in [0.15, 0.2) is 0 Å². The molecular weight excluding hydrogens is 482 g/mol. The highest BCUT2D eigenvalue weighted by atomic mass is 17.0. The highest BCUT2D eigenvalue weighted by Crippen LogP contribution is 2.26. The molecule has 3 aromatic rings. The van der Waals surface area contributed by atoms with E-state index in [0.29, 0.717) is 17.6 Å². The van der Waals surface area contributed by atoms with Gasteiger partial charge in [0.1, 0.15) is 5.82 Å². The molecular formula is C28H39N7O3. The molecule has 5 rings (SSSR count). The fourth-order valence-corrected chi connectivity index (χ4v) is 4.96. The largest absolute Gasteiger partial charge is 0.373 e. The van der Waals surface area contributed by atoms with Gasteiger partial charge in [-0.3, -0.25) is 20.2 Å². The summed E-state index contributed by atoms with van der Waals surface area (Å²) in [4.78, 5) is 31.0. The third-order valence-corrected chi connectivity index (χ3v) is 6.67. The Balaban J connectivity index is 0.000000956. The summed E-state index contributed by atoms with van der Waals surface area (Å²) >= 11 is 0. The number of nitrogens with one attached hydrogen (secondary N) is 2. The minimum atomic E-state index is 0.0560. The molecule has 10 heteroatoms. The molecule has 2 aliphatic rings. The number of rotatable bonds is 5. The summed E-state index contributed by atoms with van der Waals surface area (Å²) in [6, 6.07) is 10.4. The Morgan fingerprint density at radius 2 is 1.76 bits per heavy atom. The van der Waals surface area contributed by atoms with Crippen LogP contribution in [0.5, 0.6) is 0 Å². The van der Waals surface area contributed by atoms with E-state index in [1.165, 1.54) is 16.7 Å². The average Bonchev–Trinajstić information content (AvgIpc) is 3.44. The van der Waals surface area contributed by atoms with Crippen molar-refractivity contribution >= 4 is 23.4 Å². The lowest BCUT2D eigenvalue weighted by atomic mass is 10.0. The van der Waals surface area contributed by atoms with Crippen LogP contribution in [0, 0.1) is 13.8 Å². The molecule has 10 nitrogen and oxygen atoms in total. The summed E-state index contributed by atoms with van der Waals surface area (Å²) in [5, 5.41) is 18.3. The molecule has 0 spiro atoms. The first-order valence-corrected chi connectivity index (χ1v) is 13.1. The molecule has 204 valence electrons. The fourth-order valence-electron chi connectivity index (χ4n) is 4.96. The molecule has 1 amide bonds. The van der Waals surface area contributed by atoms with Crippen LogP contribution in [0.25, 0.3) is 0 Å². The molecule has 0 aliphatic carbocycles. The number of fused-ring (bicyclic) bond motifs is 1. The number of anilines is 3. The van der Waals surface area contributed by atoms with Crippen LogP contribution in [0.15, 0.2) is 42.7 Å². The number of aryl methyl sites for hydroxylation is 2. The van der Waals surface area contributed by atoms with Crippen molar-refractivity contribution in [1.29, 1.82) is 0 Å². The maximum atomic E-state index is 12.9. The van der Waals surface area contributed by atoms with Crippen molar-refractivity contribution in [1.82, 2.24) is 24.8 Å². The first-order chi connectivity index (χ1) is 18.5. The quantitative estimate of drug-likeness (QED) is 0.282. The first-order valence-electron chi connectivity index (χ1n) is 13.1. The number of aromatic nitrogens is 3.